The van der Waals surface area contributed by atoms with Crippen molar-refractivity contribution in [2.75, 3.05) is 39.5 Å². The van der Waals surface area contributed by atoms with Gasteiger partial charge in [-0.25, -0.2) is 9.59 Å². The molecule has 1 aromatic rings. The van der Waals surface area contributed by atoms with Gasteiger partial charge in [0.25, 0.3) is 0 Å². The van der Waals surface area contributed by atoms with Gasteiger partial charge in [-0.2, -0.15) is 0 Å². The standard InChI is InChI=1S/C13H18N2O5/c1-18-7-8-20-9-14-13(17)15-11-5-3-10(4-6-11)12(16)19-2/h3-6H,7-9H2,1-2H3,(H2,14,15,17). The summed E-state index contributed by atoms with van der Waals surface area (Å²) < 4.78 is 14.5. The van der Waals surface area contributed by atoms with Crippen molar-refractivity contribution in [2.45, 2.75) is 0 Å². The second-order valence-electron chi connectivity index (χ2n) is 3.75. The van der Waals surface area contributed by atoms with Crippen LogP contribution in [0.4, 0.5) is 10.5 Å². The molecule has 0 heterocycles. The Morgan fingerprint density at radius 1 is 1.10 bits per heavy atom. The van der Waals surface area contributed by atoms with Gasteiger partial charge in [0.05, 0.1) is 25.9 Å². The van der Waals surface area contributed by atoms with Crippen molar-refractivity contribution in [1.29, 1.82) is 0 Å². The van der Waals surface area contributed by atoms with Crippen LogP contribution in [0, 0.1) is 0 Å². The van der Waals surface area contributed by atoms with Crippen molar-refractivity contribution in [1.82, 2.24) is 5.32 Å². The number of esters is 1. The molecule has 0 aliphatic rings. The lowest BCUT2D eigenvalue weighted by Gasteiger charge is -2.08. The maximum atomic E-state index is 11.5. The van der Waals surface area contributed by atoms with Crippen LogP contribution in [0.3, 0.4) is 0 Å². The number of carbonyl (C=O) groups is 2. The number of ether oxygens (including phenoxy) is 3. The monoisotopic (exact) mass is 282 g/mol. The minimum atomic E-state index is -0.424. The molecule has 0 aromatic heterocycles. The van der Waals surface area contributed by atoms with Gasteiger partial charge in [-0.1, -0.05) is 0 Å². The zero-order valence-electron chi connectivity index (χ0n) is 11.5. The first-order chi connectivity index (χ1) is 9.67. The largest absolute Gasteiger partial charge is 0.465 e. The molecular formula is C13H18N2O5. The third kappa shape index (κ3) is 5.68. The van der Waals surface area contributed by atoms with Crippen molar-refractivity contribution >= 4 is 17.7 Å². The maximum absolute atomic E-state index is 11.5. The Kier molecular flexibility index (Phi) is 7.08. The van der Waals surface area contributed by atoms with Gasteiger partial charge in [0.1, 0.15) is 6.73 Å². The molecule has 0 aliphatic heterocycles. The van der Waals surface area contributed by atoms with E-state index in [4.69, 9.17) is 9.47 Å². The average Bonchev–Trinajstić information content (AvgIpc) is 2.47. The van der Waals surface area contributed by atoms with E-state index in [0.29, 0.717) is 24.5 Å². The van der Waals surface area contributed by atoms with Gasteiger partial charge >= 0.3 is 12.0 Å². The van der Waals surface area contributed by atoms with Crippen LogP contribution in [0.2, 0.25) is 0 Å². The van der Waals surface area contributed by atoms with E-state index in [1.165, 1.54) is 7.11 Å². The Labute approximate surface area is 117 Å². The zero-order valence-corrected chi connectivity index (χ0v) is 11.5. The summed E-state index contributed by atoms with van der Waals surface area (Å²) in [7, 11) is 2.88. The molecule has 0 bridgehead atoms. The number of nitrogens with one attached hydrogen (secondary N) is 2. The van der Waals surface area contributed by atoms with Gasteiger partial charge < -0.3 is 24.8 Å². The van der Waals surface area contributed by atoms with E-state index in [9.17, 15) is 9.59 Å². The molecule has 0 atom stereocenters. The molecule has 0 aliphatic carbocycles. The molecule has 1 rings (SSSR count). The van der Waals surface area contributed by atoms with Crippen LogP contribution in [-0.2, 0) is 14.2 Å². The molecule has 0 radical (unpaired) electrons. The highest BCUT2D eigenvalue weighted by atomic mass is 16.5. The van der Waals surface area contributed by atoms with Gasteiger partial charge in [-0.05, 0) is 24.3 Å². The molecule has 0 saturated heterocycles. The van der Waals surface area contributed by atoms with E-state index in [1.807, 2.05) is 0 Å². The number of anilines is 1. The van der Waals surface area contributed by atoms with E-state index >= 15 is 0 Å². The lowest BCUT2D eigenvalue weighted by atomic mass is 10.2. The predicted octanol–water partition coefficient (Wildman–Crippen LogP) is 1.22. The predicted molar refractivity (Wildman–Crippen MR) is 72.6 cm³/mol. The number of carbonyl (C=O) groups excluding carboxylic acids is 2. The summed E-state index contributed by atoms with van der Waals surface area (Å²) >= 11 is 0. The first-order valence-electron chi connectivity index (χ1n) is 5.97. The molecule has 2 amide bonds. The summed E-state index contributed by atoms with van der Waals surface area (Å²) in [6, 6.07) is 5.95. The van der Waals surface area contributed by atoms with Crippen molar-refractivity contribution in [3.05, 3.63) is 29.8 Å². The highest BCUT2D eigenvalue weighted by molar-refractivity contribution is 5.92. The fourth-order valence-electron chi connectivity index (χ4n) is 1.31. The number of amides is 2. The zero-order chi connectivity index (χ0) is 14.8. The number of hydrogen-bond acceptors (Lipinski definition) is 5. The molecule has 2 N–H and O–H groups in total. The topological polar surface area (TPSA) is 85.9 Å². The van der Waals surface area contributed by atoms with E-state index in [0.717, 1.165) is 0 Å². The smallest absolute Gasteiger partial charge is 0.337 e. The lowest BCUT2D eigenvalue weighted by molar-refractivity contribution is 0.0600. The van der Waals surface area contributed by atoms with Crippen molar-refractivity contribution in [3.63, 3.8) is 0 Å². The number of hydrogen-bond donors (Lipinski definition) is 2. The Hall–Kier alpha value is -2.12. The second kappa shape index (κ2) is 8.89. The van der Waals surface area contributed by atoms with E-state index in [2.05, 4.69) is 15.4 Å². The Morgan fingerprint density at radius 3 is 2.40 bits per heavy atom. The van der Waals surface area contributed by atoms with Gasteiger partial charge in [0.15, 0.2) is 0 Å². The van der Waals surface area contributed by atoms with Crippen molar-refractivity contribution in [2.24, 2.45) is 0 Å². The van der Waals surface area contributed by atoms with Crippen LogP contribution in [0.25, 0.3) is 0 Å². The highest BCUT2D eigenvalue weighted by Gasteiger charge is 2.05. The molecule has 0 fully saturated rings. The lowest BCUT2D eigenvalue weighted by Crippen LogP contribution is -2.31. The summed E-state index contributed by atoms with van der Waals surface area (Å²) in [6.45, 7) is 0.971. The molecule has 1 aromatic carbocycles. The summed E-state index contributed by atoms with van der Waals surface area (Å²) in [4.78, 5) is 22.7. The molecule has 7 nitrogen and oxygen atoms in total. The number of benzene rings is 1. The highest BCUT2D eigenvalue weighted by Crippen LogP contribution is 2.10. The average molecular weight is 282 g/mol. The first kappa shape index (κ1) is 15.9. The van der Waals surface area contributed by atoms with Gasteiger partial charge in [0, 0.05) is 12.8 Å². The van der Waals surface area contributed by atoms with Gasteiger partial charge in [0.2, 0.25) is 0 Å². The SMILES string of the molecule is COCCOCNC(=O)Nc1ccc(C(=O)OC)cc1. The third-order valence-corrected chi connectivity index (χ3v) is 2.33. The summed E-state index contributed by atoms with van der Waals surface area (Å²) in [5, 5.41) is 5.12. The van der Waals surface area contributed by atoms with E-state index < -0.39 is 12.0 Å². The fraction of sp³-hybridized carbons (Fsp3) is 0.385. The molecule has 0 saturated carbocycles. The van der Waals surface area contributed by atoms with Crippen LogP contribution in [-0.4, -0.2) is 46.2 Å². The Morgan fingerprint density at radius 2 is 1.80 bits per heavy atom. The normalized spacial score (nSPS) is 9.90. The summed E-state index contributed by atoms with van der Waals surface area (Å²) in [5.41, 5.74) is 0.980. The minimum absolute atomic E-state index is 0.0927. The number of rotatable bonds is 7. The fourth-order valence-corrected chi connectivity index (χ4v) is 1.31. The van der Waals surface area contributed by atoms with E-state index in [1.54, 1.807) is 31.4 Å². The number of urea groups is 1. The van der Waals surface area contributed by atoms with E-state index in [-0.39, 0.29) is 6.73 Å². The quantitative estimate of drug-likeness (QED) is 0.446. The Balaban J connectivity index is 2.33. The molecular weight excluding hydrogens is 264 g/mol. The molecule has 110 valence electrons. The molecule has 7 heteroatoms. The van der Waals surface area contributed by atoms with Crippen LogP contribution in [0.15, 0.2) is 24.3 Å². The molecule has 0 unspecified atom stereocenters. The maximum Gasteiger partial charge on any atom is 0.337 e. The summed E-state index contributed by atoms with van der Waals surface area (Å²) in [6.07, 6.45) is 0. The van der Waals surface area contributed by atoms with Crippen LogP contribution in [0.1, 0.15) is 10.4 Å². The van der Waals surface area contributed by atoms with Crippen LogP contribution >= 0.6 is 0 Å². The van der Waals surface area contributed by atoms with Crippen molar-refractivity contribution < 1.29 is 23.8 Å². The first-order valence-corrected chi connectivity index (χ1v) is 5.97. The van der Waals surface area contributed by atoms with Gasteiger partial charge in [-0.3, -0.25) is 0 Å². The summed E-state index contributed by atoms with van der Waals surface area (Å²) in [5.74, 6) is -0.424. The van der Waals surface area contributed by atoms with Gasteiger partial charge in [-0.15, -0.1) is 0 Å². The minimum Gasteiger partial charge on any atom is -0.465 e. The second-order valence-corrected chi connectivity index (χ2v) is 3.75. The molecule has 20 heavy (non-hydrogen) atoms. The molecule has 0 spiro atoms. The van der Waals surface area contributed by atoms with Crippen molar-refractivity contribution in [3.8, 4) is 0 Å². The number of methoxy groups -OCH3 is 2. The van der Waals surface area contributed by atoms with Crippen LogP contribution in [0.5, 0.6) is 0 Å². The van der Waals surface area contributed by atoms with Crippen LogP contribution < -0.4 is 10.6 Å². The third-order valence-electron chi connectivity index (χ3n) is 2.33. The Bertz CT molecular complexity index is 433.